The molecule has 0 fully saturated rings. The molecule has 0 aliphatic rings. The fraction of sp³-hybridized carbons (Fsp3) is 0.200. The summed E-state index contributed by atoms with van der Waals surface area (Å²) in [6.45, 7) is -0.0272. The van der Waals surface area contributed by atoms with E-state index < -0.39 is 17.5 Å². The Hall–Kier alpha value is -2.21. The van der Waals surface area contributed by atoms with E-state index in [0.717, 1.165) is 12.1 Å². The van der Waals surface area contributed by atoms with Crippen molar-refractivity contribution in [1.82, 2.24) is 9.88 Å². The number of halogens is 3. The lowest BCUT2D eigenvalue weighted by Crippen LogP contribution is -2.27. The molecule has 0 aliphatic heterocycles. The minimum absolute atomic E-state index is 0.0272. The van der Waals surface area contributed by atoms with Crippen molar-refractivity contribution in [2.24, 2.45) is 0 Å². The van der Waals surface area contributed by atoms with Crippen LogP contribution in [0.5, 0.6) is 5.88 Å². The third-order valence-corrected chi connectivity index (χ3v) is 3.22. The van der Waals surface area contributed by atoms with Gasteiger partial charge in [-0.25, -0.2) is 13.8 Å². The summed E-state index contributed by atoms with van der Waals surface area (Å²) in [5, 5.41) is 0.283. The lowest BCUT2D eigenvalue weighted by Gasteiger charge is -2.18. The van der Waals surface area contributed by atoms with Gasteiger partial charge in [-0.3, -0.25) is 4.79 Å². The zero-order valence-electron chi connectivity index (χ0n) is 11.9. The van der Waals surface area contributed by atoms with Crippen LogP contribution >= 0.6 is 11.6 Å². The molecule has 0 spiro atoms. The molecule has 0 aliphatic carbocycles. The number of benzene rings is 1. The molecule has 0 N–H and O–H groups in total. The molecular weight excluding hydrogens is 314 g/mol. The Kier molecular flexibility index (Phi) is 4.92. The van der Waals surface area contributed by atoms with E-state index in [-0.39, 0.29) is 28.6 Å². The first-order valence-corrected chi connectivity index (χ1v) is 6.69. The van der Waals surface area contributed by atoms with Crippen LogP contribution in [-0.4, -0.2) is 29.9 Å². The van der Waals surface area contributed by atoms with Crippen molar-refractivity contribution in [3.05, 3.63) is 58.2 Å². The number of carbonyl (C=O) groups excluding carboxylic acids is 1. The second-order valence-electron chi connectivity index (χ2n) is 4.61. The zero-order valence-corrected chi connectivity index (χ0v) is 12.7. The van der Waals surface area contributed by atoms with E-state index >= 15 is 0 Å². The van der Waals surface area contributed by atoms with Crippen molar-refractivity contribution in [3.8, 4) is 5.88 Å². The first-order valence-electron chi connectivity index (χ1n) is 6.31. The molecule has 1 heterocycles. The summed E-state index contributed by atoms with van der Waals surface area (Å²) < 4.78 is 31.6. The monoisotopic (exact) mass is 326 g/mol. The summed E-state index contributed by atoms with van der Waals surface area (Å²) >= 11 is 5.83. The van der Waals surface area contributed by atoms with Gasteiger partial charge in [0.1, 0.15) is 17.2 Å². The Morgan fingerprint density at radius 1 is 1.36 bits per heavy atom. The molecule has 2 rings (SSSR count). The Morgan fingerprint density at radius 2 is 2.09 bits per heavy atom. The highest BCUT2D eigenvalue weighted by Crippen LogP contribution is 2.22. The summed E-state index contributed by atoms with van der Waals surface area (Å²) in [6.07, 6.45) is 1.36. The van der Waals surface area contributed by atoms with Crippen LogP contribution in [0.4, 0.5) is 8.78 Å². The third kappa shape index (κ3) is 3.51. The highest BCUT2D eigenvalue weighted by atomic mass is 35.5. The van der Waals surface area contributed by atoms with Gasteiger partial charge in [-0.15, -0.1) is 0 Å². The van der Waals surface area contributed by atoms with E-state index in [4.69, 9.17) is 16.3 Å². The molecule has 0 saturated heterocycles. The molecule has 0 unspecified atom stereocenters. The van der Waals surface area contributed by atoms with Crippen molar-refractivity contribution in [3.63, 3.8) is 0 Å². The molecule has 0 radical (unpaired) electrons. The molecule has 0 saturated carbocycles. The van der Waals surface area contributed by atoms with E-state index in [2.05, 4.69) is 4.98 Å². The highest BCUT2D eigenvalue weighted by molar-refractivity contribution is 6.30. The van der Waals surface area contributed by atoms with Gasteiger partial charge in [0, 0.05) is 31.4 Å². The fourth-order valence-electron chi connectivity index (χ4n) is 1.93. The maximum absolute atomic E-state index is 13.7. The maximum Gasteiger partial charge on any atom is 0.259 e. The number of hydrogen-bond donors (Lipinski definition) is 0. The van der Waals surface area contributed by atoms with Gasteiger partial charge < -0.3 is 9.64 Å². The number of rotatable bonds is 4. The molecule has 7 heteroatoms. The highest BCUT2D eigenvalue weighted by Gasteiger charge is 2.19. The molecule has 22 heavy (non-hydrogen) atoms. The van der Waals surface area contributed by atoms with Gasteiger partial charge in [0.15, 0.2) is 0 Å². The fourth-order valence-corrected chi connectivity index (χ4v) is 2.08. The van der Waals surface area contributed by atoms with Crippen LogP contribution in [0.15, 0.2) is 30.5 Å². The number of nitrogens with zero attached hydrogens (tertiary/aromatic N) is 2. The molecular formula is C15H13ClF2N2O2. The van der Waals surface area contributed by atoms with Crippen LogP contribution < -0.4 is 4.74 Å². The summed E-state index contributed by atoms with van der Waals surface area (Å²) in [5.74, 6) is -1.69. The number of aromatic nitrogens is 1. The largest absolute Gasteiger partial charge is 0.480 e. The smallest absolute Gasteiger partial charge is 0.259 e. The van der Waals surface area contributed by atoms with Gasteiger partial charge in [0.2, 0.25) is 5.88 Å². The average Bonchev–Trinajstić information content (AvgIpc) is 2.49. The van der Waals surface area contributed by atoms with E-state index in [1.54, 1.807) is 0 Å². The average molecular weight is 327 g/mol. The normalized spacial score (nSPS) is 10.4. The quantitative estimate of drug-likeness (QED) is 0.866. The molecule has 0 atom stereocenters. The van der Waals surface area contributed by atoms with Crippen LogP contribution in [0.25, 0.3) is 0 Å². The predicted octanol–water partition coefficient (Wildman–Crippen LogP) is 3.29. The van der Waals surface area contributed by atoms with Crippen molar-refractivity contribution in [2.45, 2.75) is 6.54 Å². The van der Waals surface area contributed by atoms with Crippen LogP contribution in [0, 0.1) is 11.6 Å². The summed E-state index contributed by atoms with van der Waals surface area (Å²) in [5.41, 5.74) is 0.367. The molecule has 1 amide bonds. The number of ether oxygens (including phenoxy) is 1. The lowest BCUT2D eigenvalue weighted by atomic mass is 10.1. The van der Waals surface area contributed by atoms with Crippen LogP contribution in [-0.2, 0) is 6.54 Å². The number of methoxy groups -OCH3 is 1. The van der Waals surface area contributed by atoms with Crippen molar-refractivity contribution >= 4 is 17.5 Å². The van der Waals surface area contributed by atoms with E-state index in [1.807, 2.05) is 0 Å². The summed E-state index contributed by atoms with van der Waals surface area (Å²) in [7, 11) is 2.87. The van der Waals surface area contributed by atoms with E-state index in [1.165, 1.54) is 37.4 Å². The van der Waals surface area contributed by atoms with Crippen molar-refractivity contribution in [1.29, 1.82) is 0 Å². The maximum atomic E-state index is 13.7. The van der Waals surface area contributed by atoms with Gasteiger partial charge in [-0.05, 0) is 12.1 Å². The first-order chi connectivity index (χ1) is 10.4. The number of amides is 1. The van der Waals surface area contributed by atoms with Crippen molar-refractivity contribution < 1.29 is 18.3 Å². The second kappa shape index (κ2) is 6.70. The summed E-state index contributed by atoms with van der Waals surface area (Å²) in [6, 6.07) is 4.63. The minimum atomic E-state index is -0.712. The third-order valence-electron chi connectivity index (χ3n) is 3.01. The predicted molar refractivity (Wildman–Crippen MR) is 78.0 cm³/mol. The van der Waals surface area contributed by atoms with Crippen LogP contribution in [0.2, 0.25) is 5.02 Å². The number of carbonyl (C=O) groups is 1. The van der Waals surface area contributed by atoms with Gasteiger partial charge in [-0.1, -0.05) is 17.7 Å². The van der Waals surface area contributed by atoms with Crippen molar-refractivity contribution in [2.75, 3.05) is 14.2 Å². The van der Waals surface area contributed by atoms with Crippen LogP contribution in [0.3, 0.4) is 0 Å². The Morgan fingerprint density at radius 3 is 2.73 bits per heavy atom. The molecule has 116 valence electrons. The van der Waals surface area contributed by atoms with Gasteiger partial charge in [0.05, 0.1) is 12.1 Å². The standard InChI is InChI=1S/C15H13ClF2N2O2/c1-20(8-9-3-4-11(17)6-13(9)18)15(21)12-5-10(16)7-19-14(12)22-2/h3-7H,8H2,1-2H3. The van der Waals surface area contributed by atoms with Gasteiger partial charge in [-0.2, -0.15) is 0 Å². The van der Waals surface area contributed by atoms with Gasteiger partial charge >= 0.3 is 0 Å². The van der Waals surface area contributed by atoms with E-state index in [9.17, 15) is 13.6 Å². The Balaban J connectivity index is 2.24. The lowest BCUT2D eigenvalue weighted by molar-refractivity contribution is 0.0779. The Bertz CT molecular complexity index is 710. The summed E-state index contributed by atoms with van der Waals surface area (Å²) in [4.78, 5) is 17.6. The SMILES string of the molecule is COc1ncc(Cl)cc1C(=O)N(C)Cc1ccc(F)cc1F. The first kappa shape index (κ1) is 16.2. The second-order valence-corrected chi connectivity index (χ2v) is 5.04. The number of hydrogen-bond acceptors (Lipinski definition) is 3. The Labute approximate surface area is 131 Å². The van der Waals surface area contributed by atoms with Crippen LogP contribution in [0.1, 0.15) is 15.9 Å². The zero-order chi connectivity index (χ0) is 16.3. The van der Waals surface area contributed by atoms with E-state index in [0.29, 0.717) is 0 Å². The van der Waals surface area contributed by atoms with Gasteiger partial charge in [0.25, 0.3) is 5.91 Å². The topological polar surface area (TPSA) is 42.4 Å². The molecule has 4 nitrogen and oxygen atoms in total. The molecule has 0 bridgehead atoms. The minimum Gasteiger partial charge on any atom is -0.480 e. The molecule has 1 aromatic heterocycles. The molecule has 1 aromatic carbocycles. The molecule has 2 aromatic rings. The number of pyridine rings is 1.